The quantitative estimate of drug-likeness (QED) is 0.714. The van der Waals surface area contributed by atoms with Crippen LogP contribution in [-0.4, -0.2) is 35.6 Å². The molecule has 1 heterocycles. The second kappa shape index (κ2) is 3.66. The topological polar surface area (TPSA) is 40.5 Å². The zero-order chi connectivity index (χ0) is 9.26. The smallest absolute Gasteiger partial charge is 0.306 e. The molecule has 0 aromatic heterocycles. The highest BCUT2D eigenvalue weighted by Crippen LogP contribution is 2.33. The molecule has 1 aliphatic heterocycles. The first-order chi connectivity index (χ1) is 6.27. The summed E-state index contributed by atoms with van der Waals surface area (Å²) in [6.07, 6.45) is 4.42. The van der Waals surface area contributed by atoms with Crippen LogP contribution in [-0.2, 0) is 4.79 Å². The van der Waals surface area contributed by atoms with Crippen molar-refractivity contribution in [1.82, 2.24) is 4.90 Å². The SMILES string of the molecule is O=C(O)C1CCCC1CN1CCC1. The minimum Gasteiger partial charge on any atom is -0.481 e. The van der Waals surface area contributed by atoms with Gasteiger partial charge in [-0.3, -0.25) is 4.79 Å². The maximum absolute atomic E-state index is 10.9. The van der Waals surface area contributed by atoms with Crippen molar-refractivity contribution < 1.29 is 9.90 Å². The summed E-state index contributed by atoms with van der Waals surface area (Å²) in [6, 6.07) is 0. The number of nitrogens with zero attached hydrogens (tertiary/aromatic N) is 1. The highest BCUT2D eigenvalue weighted by Gasteiger charge is 2.34. The maximum Gasteiger partial charge on any atom is 0.306 e. The summed E-state index contributed by atoms with van der Waals surface area (Å²) >= 11 is 0. The van der Waals surface area contributed by atoms with E-state index in [4.69, 9.17) is 5.11 Å². The molecule has 0 bridgehead atoms. The Morgan fingerprint density at radius 3 is 2.62 bits per heavy atom. The van der Waals surface area contributed by atoms with Crippen molar-refractivity contribution in [1.29, 1.82) is 0 Å². The van der Waals surface area contributed by atoms with Crippen LogP contribution in [0.4, 0.5) is 0 Å². The first-order valence-electron chi connectivity index (χ1n) is 5.22. The normalized spacial score (nSPS) is 34.5. The van der Waals surface area contributed by atoms with E-state index in [1.54, 1.807) is 0 Å². The number of aliphatic carboxylic acids is 1. The van der Waals surface area contributed by atoms with E-state index >= 15 is 0 Å². The number of hydrogen-bond donors (Lipinski definition) is 1. The lowest BCUT2D eigenvalue weighted by Gasteiger charge is -2.34. The molecule has 0 amide bonds. The van der Waals surface area contributed by atoms with Crippen molar-refractivity contribution in [2.75, 3.05) is 19.6 Å². The highest BCUT2D eigenvalue weighted by molar-refractivity contribution is 5.70. The zero-order valence-corrected chi connectivity index (χ0v) is 7.91. The molecule has 1 N–H and O–H groups in total. The summed E-state index contributed by atoms with van der Waals surface area (Å²) in [6.45, 7) is 3.39. The van der Waals surface area contributed by atoms with E-state index in [1.165, 1.54) is 19.5 Å². The molecule has 2 fully saturated rings. The van der Waals surface area contributed by atoms with E-state index in [9.17, 15) is 4.79 Å². The molecule has 0 aromatic rings. The first kappa shape index (κ1) is 9.00. The Morgan fingerprint density at radius 1 is 1.31 bits per heavy atom. The Kier molecular flexibility index (Phi) is 2.54. The molecule has 13 heavy (non-hydrogen) atoms. The van der Waals surface area contributed by atoms with Gasteiger partial charge in [0, 0.05) is 6.54 Å². The standard InChI is InChI=1S/C10H17NO2/c12-10(13)9-4-1-3-8(9)7-11-5-2-6-11/h8-9H,1-7H2,(H,12,13). The van der Waals surface area contributed by atoms with Gasteiger partial charge in [0.05, 0.1) is 5.92 Å². The fourth-order valence-electron chi connectivity index (χ4n) is 2.48. The van der Waals surface area contributed by atoms with E-state index < -0.39 is 5.97 Å². The molecule has 1 saturated heterocycles. The number of hydrogen-bond acceptors (Lipinski definition) is 2. The van der Waals surface area contributed by atoms with Crippen molar-refractivity contribution >= 4 is 5.97 Å². The lowest BCUT2D eigenvalue weighted by molar-refractivity contribution is -0.143. The number of carboxylic acids is 1. The van der Waals surface area contributed by atoms with Crippen LogP contribution >= 0.6 is 0 Å². The summed E-state index contributed by atoms with van der Waals surface area (Å²) in [7, 11) is 0. The van der Waals surface area contributed by atoms with Gasteiger partial charge >= 0.3 is 5.97 Å². The Hall–Kier alpha value is -0.570. The van der Waals surface area contributed by atoms with Gasteiger partial charge in [-0.05, 0) is 38.3 Å². The second-order valence-corrected chi connectivity index (χ2v) is 4.29. The van der Waals surface area contributed by atoms with Crippen LogP contribution in [0.3, 0.4) is 0 Å². The zero-order valence-electron chi connectivity index (χ0n) is 7.91. The van der Waals surface area contributed by atoms with Crippen LogP contribution in [0, 0.1) is 11.8 Å². The third-order valence-electron chi connectivity index (χ3n) is 3.42. The van der Waals surface area contributed by atoms with Crippen molar-refractivity contribution in [2.24, 2.45) is 11.8 Å². The Bertz CT molecular complexity index is 201. The fraction of sp³-hybridized carbons (Fsp3) is 0.900. The van der Waals surface area contributed by atoms with E-state index in [2.05, 4.69) is 4.90 Å². The van der Waals surface area contributed by atoms with Gasteiger partial charge in [-0.2, -0.15) is 0 Å². The van der Waals surface area contributed by atoms with E-state index in [0.29, 0.717) is 5.92 Å². The molecule has 0 radical (unpaired) electrons. The van der Waals surface area contributed by atoms with Crippen LogP contribution < -0.4 is 0 Å². The van der Waals surface area contributed by atoms with Gasteiger partial charge in [0.25, 0.3) is 0 Å². The number of rotatable bonds is 3. The molecule has 1 saturated carbocycles. The van der Waals surface area contributed by atoms with Gasteiger partial charge in [0.15, 0.2) is 0 Å². The average Bonchev–Trinajstić information content (AvgIpc) is 2.44. The summed E-state index contributed by atoms with van der Waals surface area (Å²) in [5.74, 6) is -0.207. The van der Waals surface area contributed by atoms with Crippen LogP contribution in [0.1, 0.15) is 25.7 Å². The van der Waals surface area contributed by atoms with Crippen molar-refractivity contribution in [3.8, 4) is 0 Å². The largest absolute Gasteiger partial charge is 0.481 e. The summed E-state index contributed by atoms with van der Waals surface area (Å²) < 4.78 is 0. The Balaban J connectivity index is 1.85. The molecule has 0 aromatic carbocycles. The minimum atomic E-state index is -0.581. The average molecular weight is 183 g/mol. The second-order valence-electron chi connectivity index (χ2n) is 4.29. The number of likely N-dealkylation sites (tertiary alicyclic amines) is 1. The van der Waals surface area contributed by atoms with E-state index in [-0.39, 0.29) is 5.92 Å². The van der Waals surface area contributed by atoms with Crippen LogP contribution in [0.25, 0.3) is 0 Å². The Morgan fingerprint density at radius 2 is 2.08 bits per heavy atom. The summed E-state index contributed by atoms with van der Waals surface area (Å²) in [5.41, 5.74) is 0. The molecular formula is C10H17NO2. The molecule has 1 aliphatic carbocycles. The Labute approximate surface area is 78.7 Å². The number of carboxylic acid groups (broad SMARTS) is 1. The van der Waals surface area contributed by atoms with Crippen LogP contribution in [0.5, 0.6) is 0 Å². The third-order valence-corrected chi connectivity index (χ3v) is 3.42. The number of carbonyl (C=O) groups is 1. The van der Waals surface area contributed by atoms with E-state index in [0.717, 1.165) is 25.8 Å². The van der Waals surface area contributed by atoms with Gasteiger partial charge in [-0.15, -0.1) is 0 Å². The lowest BCUT2D eigenvalue weighted by Crippen LogP contribution is -2.42. The van der Waals surface area contributed by atoms with Gasteiger partial charge < -0.3 is 10.0 Å². The van der Waals surface area contributed by atoms with Gasteiger partial charge in [0.2, 0.25) is 0 Å². The van der Waals surface area contributed by atoms with E-state index in [1.807, 2.05) is 0 Å². The molecule has 74 valence electrons. The molecule has 3 nitrogen and oxygen atoms in total. The minimum absolute atomic E-state index is 0.0550. The highest BCUT2D eigenvalue weighted by atomic mass is 16.4. The van der Waals surface area contributed by atoms with Crippen LogP contribution in [0.2, 0.25) is 0 Å². The molecule has 2 aliphatic rings. The summed E-state index contributed by atoms with van der Waals surface area (Å²) in [5, 5.41) is 8.97. The van der Waals surface area contributed by atoms with Gasteiger partial charge in [0.1, 0.15) is 0 Å². The molecule has 2 rings (SSSR count). The van der Waals surface area contributed by atoms with Crippen molar-refractivity contribution in [3.05, 3.63) is 0 Å². The van der Waals surface area contributed by atoms with Crippen molar-refractivity contribution in [3.63, 3.8) is 0 Å². The van der Waals surface area contributed by atoms with Crippen LogP contribution in [0.15, 0.2) is 0 Å². The molecule has 2 unspecified atom stereocenters. The molecule has 2 atom stereocenters. The maximum atomic E-state index is 10.9. The first-order valence-corrected chi connectivity index (χ1v) is 5.22. The molecular weight excluding hydrogens is 166 g/mol. The fourth-order valence-corrected chi connectivity index (χ4v) is 2.48. The van der Waals surface area contributed by atoms with Gasteiger partial charge in [-0.1, -0.05) is 6.42 Å². The van der Waals surface area contributed by atoms with Gasteiger partial charge in [-0.25, -0.2) is 0 Å². The summed E-state index contributed by atoms with van der Waals surface area (Å²) in [4.78, 5) is 13.3. The van der Waals surface area contributed by atoms with Crippen molar-refractivity contribution in [2.45, 2.75) is 25.7 Å². The third kappa shape index (κ3) is 1.85. The molecule has 0 spiro atoms. The predicted molar refractivity (Wildman–Crippen MR) is 49.5 cm³/mol. The molecule has 3 heteroatoms. The lowest BCUT2D eigenvalue weighted by atomic mass is 9.94. The monoisotopic (exact) mass is 183 g/mol. The predicted octanol–water partition coefficient (Wildman–Crippen LogP) is 1.19.